The summed E-state index contributed by atoms with van der Waals surface area (Å²) in [5.41, 5.74) is 0. The maximum Gasteiger partial charge on any atom is 0.231 e. The minimum absolute atomic E-state index is 0. The molecule has 6 heteroatoms. The van der Waals surface area contributed by atoms with E-state index in [1.165, 1.54) is 0 Å². The van der Waals surface area contributed by atoms with E-state index in [9.17, 15) is 0 Å². The monoisotopic (exact) mass is 260 g/mol. The summed E-state index contributed by atoms with van der Waals surface area (Å²) in [6, 6.07) is 0. The predicted octanol–water partition coefficient (Wildman–Crippen LogP) is 2.42. The molecule has 42 valence electrons. The molecule has 0 saturated heterocycles. The zero-order valence-corrected chi connectivity index (χ0v) is 6.85. The zero-order chi connectivity index (χ0) is 4.50. The minimum Gasteiger partial charge on any atom is 0 e. The molecule has 0 saturated carbocycles. The van der Waals surface area contributed by atoms with Gasteiger partial charge in [-0.15, -0.1) is 0 Å². The molecule has 0 amide bonds. The molecule has 0 N–H and O–H groups in total. The van der Waals surface area contributed by atoms with Crippen LogP contribution in [-0.4, -0.2) is 2.56 Å². The second kappa shape index (κ2) is 3.74. The van der Waals surface area contributed by atoms with Crippen molar-refractivity contribution < 1.29 is 23.0 Å². The van der Waals surface area contributed by atoms with Gasteiger partial charge < -0.3 is 0 Å². The van der Waals surface area contributed by atoms with Crippen LogP contribution in [0, 0.1) is 0 Å². The molecule has 0 aliphatic heterocycles. The fourth-order valence-electron chi connectivity index (χ4n) is 0. The molecule has 6 heavy (non-hydrogen) atoms. The van der Waals surface area contributed by atoms with Gasteiger partial charge in [0.1, 0.15) is 0 Å². The standard InChI is InChI=1S/Cl4N.Pd/c1-5(2,3)4;/q+1;. The van der Waals surface area contributed by atoms with Gasteiger partial charge in [-0.3, -0.25) is 0 Å². The molecule has 0 fully saturated rings. The van der Waals surface area contributed by atoms with Crippen molar-refractivity contribution in [3.63, 3.8) is 0 Å². The van der Waals surface area contributed by atoms with Gasteiger partial charge in [0.25, 0.3) is 0 Å². The summed E-state index contributed by atoms with van der Waals surface area (Å²) in [6.45, 7) is 0. The van der Waals surface area contributed by atoms with Crippen LogP contribution >= 0.6 is 47.1 Å². The molecule has 0 aromatic rings. The zero-order valence-electron chi connectivity index (χ0n) is 2.28. The van der Waals surface area contributed by atoms with E-state index in [0.29, 0.717) is 0 Å². The number of nitrogens with zero attached hydrogens (tertiary/aromatic N) is 1. The van der Waals surface area contributed by atoms with Gasteiger partial charge in [-0.2, -0.15) is 0 Å². The first-order valence-corrected chi connectivity index (χ1v) is 2.03. The summed E-state index contributed by atoms with van der Waals surface area (Å²) in [5, 5.41) is 0. The Labute approximate surface area is 69.8 Å². The third-order valence-corrected chi connectivity index (χ3v) is 0. The van der Waals surface area contributed by atoms with Gasteiger partial charge in [0, 0.05) is 20.4 Å². The molecule has 0 unspecified atom stereocenters. The van der Waals surface area contributed by atoms with Crippen LogP contribution in [0.25, 0.3) is 0 Å². The average molecular weight is 262 g/mol. The molecule has 0 aromatic heterocycles. The van der Waals surface area contributed by atoms with Crippen molar-refractivity contribution in [2.45, 2.75) is 0 Å². The van der Waals surface area contributed by atoms with E-state index < -0.39 is 2.56 Å². The summed E-state index contributed by atoms with van der Waals surface area (Å²) in [5.74, 6) is 0. The second-order valence-electron chi connectivity index (χ2n) is 0.383. The Morgan fingerprint density at radius 1 is 0.833 bits per heavy atom. The molecular formula is Cl4NPd+. The van der Waals surface area contributed by atoms with Crippen molar-refractivity contribution >= 4 is 47.1 Å². The molecular weight excluding hydrogens is 262 g/mol. The fraction of sp³-hybridized carbons (Fsp3) is 0. The Bertz CT molecular complexity index is 23.0. The van der Waals surface area contributed by atoms with Gasteiger partial charge in [0.2, 0.25) is 47.1 Å². The summed E-state index contributed by atoms with van der Waals surface area (Å²) < 4.78 is -1.11. The quantitative estimate of drug-likeness (QED) is 0.464. The van der Waals surface area contributed by atoms with E-state index in [2.05, 4.69) is 0 Å². The summed E-state index contributed by atoms with van der Waals surface area (Å²) in [6.07, 6.45) is 0. The van der Waals surface area contributed by atoms with Crippen LogP contribution in [0.4, 0.5) is 0 Å². The summed E-state index contributed by atoms with van der Waals surface area (Å²) in [7, 11) is 0. The SMILES string of the molecule is Cl[N+](Cl)(Cl)Cl.[Pd]. The topological polar surface area (TPSA) is 0 Å². The number of halogens is 4. The smallest absolute Gasteiger partial charge is 0 e. The number of rotatable bonds is 0. The van der Waals surface area contributed by atoms with Crippen LogP contribution in [-0.2, 0) is 20.4 Å². The van der Waals surface area contributed by atoms with Crippen LogP contribution in [0.5, 0.6) is 0 Å². The average Bonchev–Trinajstić information content (AvgIpc) is 0.722. The largest absolute Gasteiger partial charge is 0.231 e. The van der Waals surface area contributed by atoms with E-state index in [1.807, 2.05) is 0 Å². The fourth-order valence-corrected chi connectivity index (χ4v) is 0. The summed E-state index contributed by atoms with van der Waals surface area (Å²) in [4.78, 5) is 0. The normalized spacial score (nSPS) is 10.0. The van der Waals surface area contributed by atoms with Gasteiger partial charge in [-0.25, -0.2) is 0 Å². The number of hydrogen-bond acceptors (Lipinski definition) is 0. The first kappa shape index (κ1) is 10.7. The molecule has 0 atom stereocenters. The van der Waals surface area contributed by atoms with Gasteiger partial charge in [0.05, 0.1) is 2.56 Å². The van der Waals surface area contributed by atoms with Crippen LogP contribution < -0.4 is 0 Å². The first-order chi connectivity index (χ1) is 2.00. The van der Waals surface area contributed by atoms with Crippen molar-refractivity contribution in [3.05, 3.63) is 0 Å². The maximum atomic E-state index is 4.76. The van der Waals surface area contributed by atoms with Crippen molar-refractivity contribution in [2.75, 3.05) is 0 Å². The predicted molar refractivity (Wildman–Crippen MR) is 23.7 cm³/mol. The number of quaternary nitrogens is 1. The molecule has 0 radical (unpaired) electrons. The third kappa shape index (κ3) is 41.6. The summed E-state index contributed by atoms with van der Waals surface area (Å²) >= 11 is 19.1. The first-order valence-electron chi connectivity index (χ1n) is 0.676. The van der Waals surface area contributed by atoms with Gasteiger partial charge in [-0.05, 0) is 0 Å². The molecule has 0 aliphatic rings. The molecule has 1 nitrogen and oxygen atoms in total. The minimum atomic E-state index is -1.11. The van der Waals surface area contributed by atoms with Gasteiger partial charge in [-0.1, -0.05) is 0 Å². The Kier molecular flexibility index (Phi) is 6.68. The van der Waals surface area contributed by atoms with Crippen LogP contribution in [0.2, 0.25) is 0 Å². The Morgan fingerprint density at radius 3 is 0.833 bits per heavy atom. The Hall–Kier alpha value is 1.78. The Balaban J connectivity index is 0. The third-order valence-electron chi connectivity index (χ3n) is 0. The molecule has 0 heterocycles. The van der Waals surface area contributed by atoms with Crippen molar-refractivity contribution in [1.29, 1.82) is 0 Å². The molecule has 0 aromatic carbocycles. The van der Waals surface area contributed by atoms with E-state index in [0.717, 1.165) is 0 Å². The van der Waals surface area contributed by atoms with E-state index >= 15 is 0 Å². The molecule has 0 bridgehead atoms. The van der Waals surface area contributed by atoms with Crippen LogP contribution in [0.3, 0.4) is 0 Å². The maximum absolute atomic E-state index is 4.76. The van der Waals surface area contributed by atoms with E-state index in [-0.39, 0.29) is 20.4 Å². The van der Waals surface area contributed by atoms with Gasteiger partial charge in [0.15, 0.2) is 0 Å². The van der Waals surface area contributed by atoms with Crippen LogP contribution in [0.1, 0.15) is 0 Å². The van der Waals surface area contributed by atoms with Crippen LogP contribution in [0.15, 0.2) is 0 Å². The molecule has 0 rings (SSSR count). The molecule has 0 aliphatic carbocycles. The van der Waals surface area contributed by atoms with E-state index in [4.69, 9.17) is 47.1 Å². The number of hydrogen-bond donors (Lipinski definition) is 0. The molecule has 0 spiro atoms. The van der Waals surface area contributed by atoms with Crippen molar-refractivity contribution in [2.24, 2.45) is 0 Å². The van der Waals surface area contributed by atoms with Crippen molar-refractivity contribution in [1.82, 2.24) is 0 Å². The Morgan fingerprint density at radius 2 is 0.833 bits per heavy atom. The van der Waals surface area contributed by atoms with Crippen molar-refractivity contribution in [3.8, 4) is 0 Å². The van der Waals surface area contributed by atoms with Gasteiger partial charge >= 0.3 is 0 Å². The second-order valence-corrected chi connectivity index (χ2v) is 3.45. The van der Waals surface area contributed by atoms with E-state index in [1.54, 1.807) is 0 Å².